The van der Waals surface area contributed by atoms with Crippen molar-refractivity contribution in [1.82, 2.24) is 5.32 Å². The van der Waals surface area contributed by atoms with E-state index in [2.05, 4.69) is 16.0 Å². The Hall–Kier alpha value is -4.08. The lowest BCUT2D eigenvalue weighted by molar-refractivity contribution is -0.126. The molecule has 10 heteroatoms. The summed E-state index contributed by atoms with van der Waals surface area (Å²) >= 11 is 0. The molecule has 0 unspecified atom stereocenters. The Balaban J connectivity index is 2.02. The van der Waals surface area contributed by atoms with Crippen molar-refractivity contribution >= 4 is 35.1 Å². The summed E-state index contributed by atoms with van der Waals surface area (Å²) in [6.07, 6.45) is 0. The minimum absolute atomic E-state index is 0.0162. The van der Waals surface area contributed by atoms with Crippen LogP contribution in [0.15, 0.2) is 24.3 Å². The molecule has 0 aliphatic carbocycles. The highest BCUT2D eigenvalue weighted by atomic mass is 16.5. The van der Waals surface area contributed by atoms with E-state index in [4.69, 9.17) is 14.2 Å². The Morgan fingerprint density at radius 2 is 1.42 bits per heavy atom. The lowest BCUT2D eigenvalue weighted by atomic mass is 10.1. The van der Waals surface area contributed by atoms with Gasteiger partial charge in [-0.15, -0.1) is 0 Å². The number of nitrogens with one attached hydrogen (secondary N) is 3. The Morgan fingerprint density at radius 3 is 1.97 bits per heavy atom. The van der Waals surface area contributed by atoms with Crippen LogP contribution in [-0.2, 0) is 19.1 Å². The maximum atomic E-state index is 12.7. The van der Waals surface area contributed by atoms with Crippen molar-refractivity contribution in [3.05, 3.63) is 46.5 Å². The SMILES string of the molecule is COc1cc(NC(=O)C(C)C)c(C(=O)OCC(=O)NCC(=O)Nc2c(C)cc(C)cc2C)cc1OC. The van der Waals surface area contributed by atoms with Gasteiger partial charge < -0.3 is 30.2 Å². The van der Waals surface area contributed by atoms with E-state index in [1.54, 1.807) is 13.8 Å². The number of amides is 3. The summed E-state index contributed by atoms with van der Waals surface area (Å²) in [7, 11) is 2.82. The van der Waals surface area contributed by atoms with E-state index in [1.165, 1.54) is 26.4 Å². The summed E-state index contributed by atoms with van der Waals surface area (Å²) in [5.74, 6) is -2.05. The van der Waals surface area contributed by atoms with Gasteiger partial charge in [-0.1, -0.05) is 31.5 Å². The highest BCUT2D eigenvalue weighted by Gasteiger charge is 2.21. The number of anilines is 2. The fourth-order valence-corrected chi connectivity index (χ4v) is 3.43. The average molecular weight is 500 g/mol. The van der Waals surface area contributed by atoms with Gasteiger partial charge in [-0.25, -0.2) is 4.79 Å². The maximum Gasteiger partial charge on any atom is 0.340 e. The third kappa shape index (κ3) is 7.46. The number of esters is 1. The number of hydrogen-bond acceptors (Lipinski definition) is 7. The summed E-state index contributed by atoms with van der Waals surface area (Å²) in [6, 6.07) is 6.70. The van der Waals surface area contributed by atoms with Gasteiger partial charge in [0, 0.05) is 23.7 Å². The average Bonchev–Trinajstić information content (AvgIpc) is 2.82. The lowest BCUT2D eigenvalue weighted by Gasteiger charge is -2.16. The van der Waals surface area contributed by atoms with Gasteiger partial charge >= 0.3 is 5.97 Å². The fraction of sp³-hybridized carbons (Fsp3) is 0.385. The number of methoxy groups -OCH3 is 2. The van der Waals surface area contributed by atoms with Gasteiger partial charge in [0.2, 0.25) is 11.8 Å². The van der Waals surface area contributed by atoms with Crippen molar-refractivity contribution in [3.8, 4) is 11.5 Å². The molecular formula is C26H33N3O7. The van der Waals surface area contributed by atoms with Crippen molar-refractivity contribution < 1.29 is 33.4 Å². The van der Waals surface area contributed by atoms with Gasteiger partial charge in [0.25, 0.3) is 5.91 Å². The highest BCUT2D eigenvalue weighted by Crippen LogP contribution is 2.34. The summed E-state index contributed by atoms with van der Waals surface area (Å²) < 4.78 is 15.6. The van der Waals surface area contributed by atoms with Crippen LogP contribution in [0.5, 0.6) is 11.5 Å². The number of aryl methyl sites for hydroxylation is 3. The third-order valence-corrected chi connectivity index (χ3v) is 5.25. The molecule has 0 spiro atoms. The summed E-state index contributed by atoms with van der Waals surface area (Å²) in [5.41, 5.74) is 3.74. The Bertz CT molecular complexity index is 1140. The first-order valence-corrected chi connectivity index (χ1v) is 11.3. The number of ether oxygens (including phenoxy) is 3. The number of benzene rings is 2. The zero-order valence-corrected chi connectivity index (χ0v) is 21.7. The molecule has 3 amide bonds. The second-order valence-electron chi connectivity index (χ2n) is 8.57. The van der Waals surface area contributed by atoms with Gasteiger partial charge in [-0.05, 0) is 31.9 Å². The van der Waals surface area contributed by atoms with Crippen molar-refractivity contribution in [2.45, 2.75) is 34.6 Å². The first-order valence-electron chi connectivity index (χ1n) is 11.3. The Kier molecular flexibility index (Phi) is 9.83. The molecule has 0 heterocycles. The molecule has 0 aliphatic rings. The van der Waals surface area contributed by atoms with Gasteiger partial charge in [-0.2, -0.15) is 0 Å². The minimum atomic E-state index is -0.861. The van der Waals surface area contributed by atoms with Crippen molar-refractivity contribution in [2.24, 2.45) is 5.92 Å². The highest BCUT2D eigenvalue weighted by molar-refractivity contribution is 6.03. The second kappa shape index (κ2) is 12.6. The van der Waals surface area contributed by atoms with E-state index in [-0.39, 0.29) is 35.4 Å². The number of carbonyl (C=O) groups is 4. The molecule has 0 bridgehead atoms. The first kappa shape index (κ1) is 28.2. The molecule has 2 rings (SSSR count). The molecule has 0 saturated heterocycles. The van der Waals surface area contributed by atoms with Crippen LogP contribution in [-0.4, -0.2) is 51.1 Å². The number of hydrogen-bond donors (Lipinski definition) is 3. The smallest absolute Gasteiger partial charge is 0.340 e. The largest absolute Gasteiger partial charge is 0.493 e. The molecule has 0 aromatic heterocycles. The van der Waals surface area contributed by atoms with Gasteiger partial charge in [-0.3, -0.25) is 14.4 Å². The molecule has 2 aromatic carbocycles. The van der Waals surface area contributed by atoms with Crippen LogP contribution in [0.3, 0.4) is 0 Å². The summed E-state index contributed by atoms with van der Waals surface area (Å²) in [6.45, 7) is 8.23. The van der Waals surface area contributed by atoms with Gasteiger partial charge in [0.05, 0.1) is 32.0 Å². The number of carbonyl (C=O) groups excluding carboxylic acids is 4. The van der Waals surface area contributed by atoms with E-state index in [1.807, 2.05) is 32.9 Å². The fourth-order valence-electron chi connectivity index (χ4n) is 3.43. The molecule has 0 radical (unpaired) electrons. The van der Waals surface area contributed by atoms with Crippen LogP contribution in [0.25, 0.3) is 0 Å². The van der Waals surface area contributed by atoms with Crippen LogP contribution in [0.4, 0.5) is 11.4 Å². The molecule has 194 valence electrons. The van der Waals surface area contributed by atoms with E-state index >= 15 is 0 Å². The molecule has 0 aliphatic heterocycles. The van der Waals surface area contributed by atoms with Crippen molar-refractivity contribution in [2.75, 3.05) is 38.0 Å². The van der Waals surface area contributed by atoms with Crippen molar-refractivity contribution in [3.63, 3.8) is 0 Å². The zero-order chi connectivity index (χ0) is 27.0. The molecule has 36 heavy (non-hydrogen) atoms. The van der Waals surface area contributed by atoms with Crippen LogP contribution in [0.2, 0.25) is 0 Å². The van der Waals surface area contributed by atoms with E-state index < -0.39 is 24.4 Å². The monoisotopic (exact) mass is 499 g/mol. The van der Waals surface area contributed by atoms with Crippen LogP contribution < -0.4 is 25.4 Å². The second-order valence-corrected chi connectivity index (χ2v) is 8.57. The zero-order valence-electron chi connectivity index (χ0n) is 21.7. The molecule has 3 N–H and O–H groups in total. The third-order valence-electron chi connectivity index (χ3n) is 5.25. The van der Waals surface area contributed by atoms with E-state index in [0.29, 0.717) is 11.4 Å². The Morgan fingerprint density at radius 1 is 0.833 bits per heavy atom. The topological polar surface area (TPSA) is 132 Å². The van der Waals surface area contributed by atoms with Crippen LogP contribution >= 0.6 is 0 Å². The van der Waals surface area contributed by atoms with E-state index in [0.717, 1.165) is 16.7 Å². The quantitative estimate of drug-likeness (QED) is 0.428. The first-order chi connectivity index (χ1) is 17.0. The summed E-state index contributed by atoms with van der Waals surface area (Å²) in [5, 5.41) is 7.85. The predicted octanol–water partition coefficient (Wildman–Crippen LogP) is 3.14. The van der Waals surface area contributed by atoms with E-state index in [9.17, 15) is 19.2 Å². The maximum absolute atomic E-state index is 12.7. The summed E-state index contributed by atoms with van der Waals surface area (Å²) in [4.78, 5) is 49.5. The predicted molar refractivity (Wildman–Crippen MR) is 136 cm³/mol. The molecule has 2 aromatic rings. The molecule has 10 nitrogen and oxygen atoms in total. The lowest BCUT2D eigenvalue weighted by Crippen LogP contribution is -2.35. The van der Waals surface area contributed by atoms with Crippen LogP contribution in [0, 0.1) is 26.7 Å². The molecular weight excluding hydrogens is 466 g/mol. The van der Waals surface area contributed by atoms with Crippen LogP contribution in [0.1, 0.15) is 40.9 Å². The molecule has 0 saturated carbocycles. The van der Waals surface area contributed by atoms with Crippen molar-refractivity contribution in [1.29, 1.82) is 0 Å². The Labute approximate surface area is 210 Å². The standard InChI is InChI=1S/C26H33N3O7/c1-14(2)25(32)28-19-11-21(35-7)20(34-6)10-18(19)26(33)36-13-23(31)27-12-22(30)29-24-16(4)8-15(3)9-17(24)5/h8-11,14H,12-13H2,1-7H3,(H,27,31)(H,28,32)(H,29,30). The normalized spacial score (nSPS) is 10.4. The molecule has 0 atom stereocenters. The van der Waals surface area contributed by atoms with Gasteiger partial charge in [0.15, 0.2) is 18.1 Å². The number of rotatable bonds is 10. The molecule has 0 fully saturated rings. The minimum Gasteiger partial charge on any atom is -0.493 e. The van der Waals surface area contributed by atoms with Gasteiger partial charge in [0.1, 0.15) is 0 Å².